The van der Waals surface area contributed by atoms with Crippen molar-refractivity contribution < 1.29 is 0 Å². The molecule has 0 rings (SSSR count). The van der Waals surface area contributed by atoms with E-state index >= 15 is 0 Å². The third-order valence-electron chi connectivity index (χ3n) is 2.47. The van der Waals surface area contributed by atoms with Gasteiger partial charge in [0.05, 0.1) is 0 Å². The van der Waals surface area contributed by atoms with Gasteiger partial charge >= 0.3 is 0 Å². The summed E-state index contributed by atoms with van der Waals surface area (Å²) in [7, 11) is 0. The molecule has 0 saturated heterocycles. The molecule has 0 amide bonds. The molecular formula is C13H27N. The first-order chi connectivity index (χ1) is 6.91. The molecule has 0 aliphatic carbocycles. The van der Waals surface area contributed by atoms with Gasteiger partial charge in [-0.15, -0.1) is 0 Å². The number of hydrogen-bond acceptors (Lipinski definition) is 1. The molecule has 0 spiro atoms. The highest BCUT2D eigenvalue weighted by molar-refractivity contribution is 4.81. The summed E-state index contributed by atoms with van der Waals surface area (Å²) in [5, 5.41) is 0. The topological polar surface area (TPSA) is 26.0 Å². The summed E-state index contributed by atoms with van der Waals surface area (Å²) in [6.07, 6.45) is 16.6. The molecule has 0 unspecified atom stereocenters. The molecular weight excluding hydrogens is 170 g/mol. The lowest BCUT2D eigenvalue weighted by Gasteiger charge is -1.98. The Morgan fingerprint density at radius 3 is 2.00 bits per heavy atom. The molecule has 0 aromatic rings. The number of nitrogens with two attached hydrogens (primary N) is 1. The van der Waals surface area contributed by atoms with E-state index in [2.05, 4.69) is 19.1 Å². The summed E-state index contributed by atoms with van der Waals surface area (Å²) >= 11 is 0. The molecule has 14 heavy (non-hydrogen) atoms. The van der Waals surface area contributed by atoms with Crippen LogP contribution < -0.4 is 5.73 Å². The van der Waals surface area contributed by atoms with Crippen LogP contribution in [-0.2, 0) is 0 Å². The van der Waals surface area contributed by atoms with Crippen molar-refractivity contribution in [3.8, 4) is 0 Å². The van der Waals surface area contributed by atoms with Gasteiger partial charge in [0.25, 0.3) is 0 Å². The molecule has 0 aliphatic rings. The van der Waals surface area contributed by atoms with Crippen LogP contribution in [0.15, 0.2) is 12.2 Å². The monoisotopic (exact) mass is 197 g/mol. The van der Waals surface area contributed by atoms with E-state index in [1.807, 2.05) is 0 Å². The van der Waals surface area contributed by atoms with Crippen LogP contribution in [0.3, 0.4) is 0 Å². The van der Waals surface area contributed by atoms with Crippen LogP contribution in [0, 0.1) is 0 Å². The number of rotatable bonds is 10. The van der Waals surface area contributed by atoms with E-state index < -0.39 is 0 Å². The van der Waals surface area contributed by atoms with Gasteiger partial charge in [-0.1, -0.05) is 57.6 Å². The highest BCUT2D eigenvalue weighted by atomic mass is 14.5. The van der Waals surface area contributed by atoms with E-state index in [4.69, 9.17) is 5.73 Å². The fraction of sp³-hybridized carbons (Fsp3) is 0.846. The number of hydrogen-bond donors (Lipinski definition) is 1. The normalized spacial score (nSPS) is 11.3. The van der Waals surface area contributed by atoms with Crippen molar-refractivity contribution in [3.63, 3.8) is 0 Å². The summed E-state index contributed by atoms with van der Waals surface area (Å²) in [6, 6.07) is 0. The maximum absolute atomic E-state index is 5.39. The lowest BCUT2D eigenvalue weighted by molar-refractivity contribution is 0.592. The Morgan fingerprint density at radius 1 is 0.786 bits per heavy atom. The zero-order valence-electron chi connectivity index (χ0n) is 9.80. The van der Waals surface area contributed by atoms with E-state index in [9.17, 15) is 0 Å². The van der Waals surface area contributed by atoms with Crippen molar-refractivity contribution in [1.82, 2.24) is 0 Å². The van der Waals surface area contributed by atoms with Crippen LogP contribution in [-0.4, -0.2) is 6.54 Å². The molecule has 0 aromatic heterocycles. The van der Waals surface area contributed by atoms with Gasteiger partial charge in [-0.2, -0.15) is 0 Å². The van der Waals surface area contributed by atoms with Crippen LogP contribution in [0.4, 0.5) is 0 Å². The molecule has 0 aromatic carbocycles. The third kappa shape index (κ3) is 11.7. The fourth-order valence-electron chi connectivity index (χ4n) is 1.55. The minimum atomic E-state index is 0.785. The first-order valence-corrected chi connectivity index (χ1v) is 6.27. The lowest BCUT2D eigenvalue weighted by atomic mass is 10.1. The second-order valence-electron chi connectivity index (χ2n) is 3.96. The molecule has 0 fully saturated rings. The van der Waals surface area contributed by atoms with Crippen molar-refractivity contribution in [2.75, 3.05) is 6.54 Å². The molecule has 1 heteroatoms. The van der Waals surface area contributed by atoms with E-state index in [-0.39, 0.29) is 0 Å². The highest BCUT2D eigenvalue weighted by Gasteiger charge is 1.88. The van der Waals surface area contributed by atoms with Gasteiger partial charge in [-0.3, -0.25) is 0 Å². The molecule has 0 bridgehead atoms. The van der Waals surface area contributed by atoms with Crippen molar-refractivity contribution in [2.24, 2.45) is 5.73 Å². The Hall–Kier alpha value is -0.300. The average Bonchev–Trinajstić information content (AvgIpc) is 2.21. The summed E-state index contributed by atoms with van der Waals surface area (Å²) in [5.41, 5.74) is 5.39. The SMILES string of the molecule is CCCCCCCCC/C=C/CCN. The Labute approximate surface area is 89.8 Å². The van der Waals surface area contributed by atoms with Gasteiger partial charge in [-0.25, -0.2) is 0 Å². The van der Waals surface area contributed by atoms with Gasteiger partial charge in [0, 0.05) is 0 Å². The summed E-state index contributed by atoms with van der Waals surface area (Å²) in [6.45, 7) is 3.05. The number of unbranched alkanes of at least 4 members (excludes halogenated alkanes) is 7. The molecule has 1 nitrogen and oxygen atoms in total. The fourth-order valence-corrected chi connectivity index (χ4v) is 1.55. The molecule has 0 saturated carbocycles. The van der Waals surface area contributed by atoms with Crippen LogP contribution in [0.5, 0.6) is 0 Å². The largest absolute Gasteiger partial charge is 0.330 e. The minimum absolute atomic E-state index is 0.785. The van der Waals surface area contributed by atoms with Crippen LogP contribution in [0.2, 0.25) is 0 Å². The summed E-state index contributed by atoms with van der Waals surface area (Å²) < 4.78 is 0. The van der Waals surface area contributed by atoms with Gasteiger partial charge in [-0.05, 0) is 25.8 Å². The summed E-state index contributed by atoms with van der Waals surface area (Å²) in [5.74, 6) is 0. The maximum Gasteiger partial charge on any atom is -0.00426 e. The molecule has 0 aliphatic heterocycles. The second-order valence-corrected chi connectivity index (χ2v) is 3.96. The van der Waals surface area contributed by atoms with E-state index in [1.54, 1.807) is 0 Å². The maximum atomic E-state index is 5.39. The highest BCUT2D eigenvalue weighted by Crippen LogP contribution is 2.08. The quantitative estimate of drug-likeness (QED) is 0.415. The third-order valence-corrected chi connectivity index (χ3v) is 2.47. The van der Waals surface area contributed by atoms with Crippen LogP contribution >= 0.6 is 0 Å². The van der Waals surface area contributed by atoms with Gasteiger partial charge < -0.3 is 5.73 Å². The van der Waals surface area contributed by atoms with E-state index in [1.165, 1.54) is 51.4 Å². The Morgan fingerprint density at radius 2 is 1.36 bits per heavy atom. The van der Waals surface area contributed by atoms with Gasteiger partial charge in [0.2, 0.25) is 0 Å². The molecule has 0 atom stereocenters. The number of allylic oxidation sites excluding steroid dienone is 1. The smallest absolute Gasteiger partial charge is 0.00426 e. The van der Waals surface area contributed by atoms with Crippen LogP contribution in [0.25, 0.3) is 0 Å². The lowest BCUT2D eigenvalue weighted by Crippen LogP contribution is -1.94. The second kappa shape index (κ2) is 12.7. The van der Waals surface area contributed by atoms with Crippen molar-refractivity contribution >= 4 is 0 Å². The van der Waals surface area contributed by atoms with Crippen molar-refractivity contribution in [3.05, 3.63) is 12.2 Å². The Kier molecular flexibility index (Phi) is 12.4. The molecule has 84 valence electrons. The molecule has 0 radical (unpaired) electrons. The van der Waals surface area contributed by atoms with Gasteiger partial charge in [0.15, 0.2) is 0 Å². The Balaban J connectivity index is 2.91. The molecule has 0 heterocycles. The predicted octanol–water partition coefficient (Wildman–Crippen LogP) is 4.03. The van der Waals surface area contributed by atoms with Crippen molar-refractivity contribution in [2.45, 2.75) is 64.7 Å². The van der Waals surface area contributed by atoms with Crippen LogP contribution in [0.1, 0.15) is 64.7 Å². The summed E-state index contributed by atoms with van der Waals surface area (Å²) in [4.78, 5) is 0. The first kappa shape index (κ1) is 13.7. The zero-order chi connectivity index (χ0) is 10.5. The van der Waals surface area contributed by atoms with E-state index in [0.29, 0.717) is 0 Å². The predicted molar refractivity (Wildman–Crippen MR) is 65.4 cm³/mol. The van der Waals surface area contributed by atoms with E-state index in [0.717, 1.165) is 13.0 Å². The first-order valence-electron chi connectivity index (χ1n) is 6.27. The Bertz CT molecular complexity index is 118. The average molecular weight is 197 g/mol. The zero-order valence-corrected chi connectivity index (χ0v) is 9.80. The van der Waals surface area contributed by atoms with Gasteiger partial charge in [0.1, 0.15) is 0 Å². The van der Waals surface area contributed by atoms with Crippen molar-refractivity contribution in [1.29, 1.82) is 0 Å². The standard InChI is InChI=1S/C13H27N/c1-2-3-4-5-6-7-8-9-10-11-12-13-14/h10-11H,2-9,12-14H2,1H3/b11-10+. The minimum Gasteiger partial charge on any atom is -0.330 e. The molecule has 2 N–H and O–H groups in total.